The number of amides is 1. The molecule has 6 heteroatoms. The molecule has 0 aliphatic carbocycles. The molecule has 2 heterocycles. The molecule has 0 saturated carbocycles. The first-order valence-corrected chi connectivity index (χ1v) is 9.04. The minimum Gasteiger partial charge on any atom is -0.359 e. The van der Waals surface area contributed by atoms with Gasteiger partial charge in [-0.15, -0.1) is 0 Å². The lowest BCUT2D eigenvalue weighted by atomic mass is 10.1. The number of carbonyl (C=O) groups is 1. The first-order chi connectivity index (χ1) is 12.7. The van der Waals surface area contributed by atoms with E-state index >= 15 is 0 Å². The lowest BCUT2D eigenvalue weighted by molar-refractivity contribution is -0.120. The fourth-order valence-corrected chi connectivity index (χ4v) is 3.03. The number of fused-ring (bicyclic) bond motifs is 1. The van der Waals surface area contributed by atoms with Crippen molar-refractivity contribution in [1.82, 2.24) is 20.3 Å². The van der Waals surface area contributed by atoms with Crippen LogP contribution in [0.2, 0.25) is 0 Å². The van der Waals surface area contributed by atoms with Crippen LogP contribution < -0.4 is 10.9 Å². The fraction of sp³-hybridized carbons (Fsp3) is 0.350. The van der Waals surface area contributed by atoms with E-state index in [4.69, 9.17) is 0 Å². The van der Waals surface area contributed by atoms with Crippen LogP contribution in [0.25, 0.3) is 22.2 Å². The Morgan fingerprint density at radius 2 is 1.92 bits per heavy atom. The third-order valence-corrected chi connectivity index (χ3v) is 4.52. The van der Waals surface area contributed by atoms with E-state index in [0.717, 1.165) is 54.5 Å². The van der Waals surface area contributed by atoms with Gasteiger partial charge in [0.15, 0.2) is 0 Å². The van der Waals surface area contributed by atoms with Crippen molar-refractivity contribution in [3.05, 3.63) is 52.7 Å². The number of imidazole rings is 1. The number of aromatic nitrogens is 3. The molecule has 0 aliphatic rings. The predicted molar refractivity (Wildman–Crippen MR) is 103 cm³/mol. The summed E-state index contributed by atoms with van der Waals surface area (Å²) < 4.78 is 0. The molecule has 6 nitrogen and oxygen atoms in total. The van der Waals surface area contributed by atoms with Crippen LogP contribution in [0.3, 0.4) is 0 Å². The Bertz CT molecular complexity index is 942. The number of pyridine rings is 1. The number of para-hydroxylation sites is 1. The van der Waals surface area contributed by atoms with Crippen LogP contribution in [0, 0.1) is 0 Å². The molecule has 0 spiro atoms. The maximum absolute atomic E-state index is 12.3. The Morgan fingerprint density at radius 3 is 2.77 bits per heavy atom. The molecule has 136 valence electrons. The lowest BCUT2D eigenvalue weighted by Gasteiger charge is -2.02. The minimum absolute atomic E-state index is 0.0984. The molecule has 3 aromatic rings. The monoisotopic (exact) mass is 352 g/mol. The second-order valence-corrected chi connectivity index (χ2v) is 6.43. The van der Waals surface area contributed by atoms with Crippen molar-refractivity contribution >= 4 is 16.8 Å². The summed E-state index contributed by atoms with van der Waals surface area (Å²) in [7, 11) is 1.66. The molecule has 0 atom stereocenters. The maximum Gasteiger partial charge on any atom is 0.257 e. The Kier molecular flexibility index (Phi) is 5.84. The van der Waals surface area contributed by atoms with E-state index < -0.39 is 0 Å². The zero-order chi connectivity index (χ0) is 18.4. The summed E-state index contributed by atoms with van der Waals surface area (Å²) in [5.41, 5.74) is 2.06. The van der Waals surface area contributed by atoms with Gasteiger partial charge in [-0.25, -0.2) is 4.98 Å². The third-order valence-electron chi connectivity index (χ3n) is 4.52. The second kappa shape index (κ2) is 8.47. The minimum atomic E-state index is -0.117. The van der Waals surface area contributed by atoms with Gasteiger partial charge in [-0.1, -0.05) is 31.0 Å². The third kappa shape index (κ3) is 4.39. The first-order valence-electron chi connectivity index (χ1n) is 9.04. The number of aromatic amines is 2. The van der Waals surface area contributed by atoms with Crippen LogP contribution in [-0.2, 0) is 11.2 Å². The molecule has 0 bridgehead atoms. The average Bonchev–Trinajstić information content (AvgIpc) is 3.12. The first kappa shape index (κ1) is 17.9. The largest absolute Gasteiger partial charge is 0.359 e. The smallest absolute Gasteiger partial charge is 0.257 e. The highest BCUT2D eigenvalue weighted by molar-refractivity contribution is 5.82. The highest BCUT2D eigenvalue weighted by Gasteiger charge is 2.09. The number of H-pyrrole nitrogens is 2. The van der Waals surface area contributed by atoms with Gasteiger partial charge in [0.2, 0.25) is 5.91 Å². The molecule has 0 aliphatic heterocycles. The lowest BCUT2D eigenvalue weighted by Crippen LogP contribution is -2.16. The highest BCUT2D eigenvalue weighted by Crippen LogP contribution is 2.18. The van der Waals surface area contributed by atoms with Gasteiger partial charge in [0.1, 0.15) is 5.82 Å². The van der Waals surface area contributed by atoms with Crippen molar-refractivity contribution in [1.29, 1.82) is 0 Å². The van der Waals surface area contributed by atoms with Gasteiger partial charge in [-0.05, 0) is 30.4 Å². The fourth-order valence-electron chi connectivity index (χ4n) is 3.03. The van der Waals surface area contributed by atoms with E-state index in [1.807, 2.05) is 30.3 Å². The molecule has 1 aromatic carbocycles. The van der Waals surface area contributed by atoms with E-state index in [1.54, 1.807) is 13.2 Å². The maximum atomic E-state index is 12.3. The number of unbranched alkanes of at least 4 members (excludes halogenated alkanes) is 3. The number of hydrogen-bond donors (Lipinski definition) is 3. The summed E-state index contributed by atoms with van der Waals surface area (Å²) in [6.45, 7) is 0. The topological polar surface area (TPSA) is 90.6 Å². The number of benzene rings is 1. The molecular formula is C20H24N4O2. The van der Waals surface area contributed by atoms with Crippen molar-refractivity contribution in [3.63, 3.8) is 0 Å². The summed E-state index contributed by atoms with van der Waals surface area (Å²) in [6, 6.07) is 9.62. The molecule has 0 saturated heterocycles. The summed E-state index contributed by atoms with van der Waals surface area (Å²) in [5, 5.41) is 3.63. The molecule has 0 unspecified atom stereocenters. The van der Waals surface area contributed by atoms with Gasteiger partial charge >= 0.3 is 0 Å². The number of aryl methyl sites for hydroxylation is 1. The van der Waals surface area contributed by atoms with Gasteiger partial charge < -0.3 is 15.3 Å². The Hall–Kier alpha value is -2.89. The van der Waals surface area contributed by atoms with Crippen molar-refractivity contribution in [3.8, 4) is 11.3 Å². The number of carbonyl (C=O) groups excluding carboxylic acids is 1. The molecule has 0 radical (unpaired) electrons. The van der Waals surface area contributed by atoms with Crippen LogP contribution >= 0.6 is 0 Å². The number of rotatable bonds is 8. The quantitative estimate of drug-likeness (QED) is 0.544. The Morgan fingerprint density at radius 1 is 1.12 bits per heavy atom. The van der Waals surface area contributed by atoms with Crippen molar-refractivity contribution in [2.75, 3.05) is 7.05 Å². The van der Waals surface area contributed by atoms with Crippen LogP contribution in [0.1, 0.15) is 37.9 Å². The highest BCUT2D eigenvalue weighted by atomic mass is 16.1. The SMILES string of the molecule is CNC(=O)CCCCCCc1ncc(-c2cc3ccccc3[nH]c2=O)[nH]1. The number of hydrogen-bond acceptors (Lipinski definition) is 3. The summed E-state index contributed by atoms with van der Waals surface area (Å²) in [6.07, 6.45) is 7.16. The Balaban J connectivity index is 1.57. The van der Waals surface area contributed by atoms with E-state index in [9.17, 15) is 9.59 Å². The van der Waals surface area contributed by atoms with E-state index in [1.165, 1.54) is 0 Å². The van der Waals surface area contributed by atoms with Gasteiger partial charge in [0.05, 0.1) is 17.5 Å². The number of nitrogens with one attached hydrogen (secondary N) is 3. The molecule has 26 heavy (non-hydrogen) atoms. The van der Waals surface area contributed by atoms with E-state index in [0.29, 0.717) is 12.0 Å². The molecular weight excluding hydrogens is 328 g/mol. The molecule has 3 rings (SSSR count). The van der Waals surface area contributed by atoms with Crippen molar-refractivity contribution in [2.24, 2.45) is 0 Å². The zero-order valence-corrected chi connectivity index (χ0v) is 15.0. The van der Waals surface area contributed by atoms with E-state index in [-0.39, 0.29) is 11.5 Å². The van der Waals surface area contributed by atoms with Crippen molar-refractivity contribution < 1.29 is 4.79 Å². The van der Waals surface area contributed by atoms with E-state index in [2.05, 4.69) is 20.3 Å². The van der Waals surface area contributed by atoms with Gasteiger partial charge in [0, 0.05) is 25.4 Å². The Labute approximate surface area is 152 Å². The van der Waals surface area contributed by atoms with Gasteiger partial charge in [-0.3, -0.25) is 9.59 Å². The summed E-state index contributed by atoms with van der Waals surface area (Å²) in [4.78, 5) is 34.0. The zero-order valence-electron chi connectivity index (χ0n) is 15.0. The normalized spacial score (nSPS) is 11.0. The predicted octanol–water partition coefficient (Wildman–Crippen LogP) is 3.16. The van der Waals surface area contributed by atoms with Crippen LogP contribution in [0.15, 0.2) is 41.3 Å². The van der Waals surface area contributed by atoms with Gasteiger partial charge in [-0.2, -0.15) is 0 Å². The van der Waals surface area contributed by atoms with Crippen LogP contribution in [-0.4, -0.2) is 27.9 Å². The summed E-state index contributed by atoms with van der Waals surface area (Å²) in [5.74, 6) is 0.986. The second-order valence-electron chi connectivity index (χ2n) is 6.43. The molecule has 2 aromatic heterocycles. The molecule has 1 amide bonds. The van der Waals surface area contributed by atoms with Crippen LogP contribution in [0.5, 0.6) is 0 Å². The van der Waals surface area contributed by atoms with Crippen LogP contribution in [0.4, 0.5) is 0 Å². The standard InChI is InChI=1S/C20H24N4O2/c1-21-19(25)11-5-3-2-4-10-18-22-13-17(23-18)15-12-14-8-6-7-9-16(14)24-20(15)26/h6-9,12-13H,2-5,10-11H2,1H3,(H,21,25)(H,22,23)(H,24,26). The number of nitrogens with zero attached hydrogens (tertiary/aromatic N) is 1. The summed E-state index contributed by atoms with van der Waals surface area (Å²) >= 11 is 0. The molecule has 3 N–H and O–H groups in total. The van der Waals surface area contributed by atoms with Crippen molar-refractivity contribution in [2.45, 2.75) is 38.5 Å². The average molecular weight is 352 g/mol. The molecule has 0 fully saturated rings. The van der Waals surface area contributed by atoms with Gasteiger partial charge in [0.25, 0.3) is 5.56 Å².